The van der Waals surface area contributed by atoms with Gasteiger partial charge in [-0.15, -0.1) is 0 Å². The summed E-state index contributed by atoms with van der Waals surface area (Å²) in [6, 6.07) is 0. The van der Waals surface area contributed by atoms with Crippen molar-refractivity contribution in [2.75, 3.05) is 19.8 Å². The topological polar surface area (TPSA) is 181 Å². The molecule has 0 aromatic heterocycles. The summed E-state index contributed by atoms with van der Waals surface area (Å²) in [4.78, 5) is 76.4. The van der Waals surface area contributed by atoms with E-state index in [0.29, 0.717) is 19.8 Å². The van der Waals surface area contributed by atoms with Gasteiger partial charge in [0.15, 0.2) is 0 Å². The van der Waals surface area contributed by atoms with Crippen LogP contribution in [0.4, 0.5) is 0 Å². The molecule has 0 fully saturated rings. The largest absolute Gasteiger partial charge is 0.481 e. The van der Waals surface area contributed by atoms with E-state index < -0.39 is 35.1 Å². The molecule has 0 aromatic carbocycles. The number of hydrogen-bond acceptors (Lipinski definition) is 8. The third kappa shape index (κ3) is 20.8. The number of unbranched alkanes of at least 4 members (excludes halogenated alkanes) is 3. The molecule has 0 heterocycles. The standard InChI is InChI=1S/C26H48N4O9/c1-4-7-18-37-28-22(32)12-15-26(27-21(31)10-11-25(35)36,16-13-23(33)29-38-19-8-5-2)17-14-24(34)30-39-20-9-6-3/h4-20H2,1-3H3,(H,27,31)(H,28,32)(H,29,33)(H,30,34)(H,35,36). The molecule has 0 saturated carbocycles. The summed E-state index contributed by atoms with van der Waals surface area (Å²) in [5.41, 5.74) is 5.94. The maximum Gasteiger partial charge on any atom is 0.303 e. The van der Waals surface area contributed by atoms with Gasteiger partial charge in [0, 0.05) is 31.2 Å². The summed E-state index contributed by atoms with van der Waals surface area (Å²) in [6.07, 6.45) is 4.42. The first-order valence-corrected chi connectivity index (χ1v) is 13.9. The van der Waals surface area contributed by atoms with Crippen LogP contribution in [-0.2, 0) is 38.5 Å². The van der Waals surface area contributed by atoms with E-state index in [1.54, 1.807) is 0 Å². The summed E-state index contributed by atoms with van der Waals surface area (Å²) in [6.45, 7) is 7.04. The quantitative estimate of drug-likeness (QED) is 0.0828. The highest BCUT2D eigenvalue weighted by Gasteiger charge is 2.34. The van der Waals surface area contributed by atoms with Crippen molar-refractivity contribution in [1.29, 1.82) is 0 Å². The fourth-order valence-electron chi connectivity index (χ4n) is 3.40. The fourth-order valence-corrected chi connectivity index (χ4v) is 3.40. The van der Waals surface area contributed by atoms with Crippen molar-refractivity contribution in [2.45, 2.75) is 116 Å². The second kappa shape index (κ2) is 23.1. The number of hydrogen-bond donors (Lipinski definition) is 5. The predicted octanol–water partition coefficient (Wildman–Crippen LogP) is 2.59. The Morgan fingerprint density at radius 3 is 1.23 bits per heavy atom. The molecular weight excluding hydrogens is 512 g/mol. The highest BCUT2D eigenvalue weighted by atomic mass is 16.7. The molecular formula is C26H48N4O9. The Bertz CT molecular complexity index is 665. The Hall–Kier alpha value is -2.77. The number of hydroxylamine groups is 3. The van der Waals surface area contributed by atoms with Gasteiger partial charge in [-0.1, -0.05) is 40.0 Å². The molecule has 0 aliphatic heterocycles. The summed E-state index contributed by atoms with van der Waals surface area (Å²) in [7, 11) is 0. The maximum absolute atomic E-state index is 12.7. The van der Waals surface area contributed by atoms with Gasteiger partial charge < -0.3 is 10.4 Å². The molecule has 0 rings (SSSR count). The minimum absolute atomic E-state index is 0.0609. The number of rotatable bonds is 25. The third-order valence-electron chi connectivity index (χ3n) is 5.82. The van der Waals surface area contributed by atoms with Gasteiger partial charge in [0.2, 0.25) is 23.6 Å². The van der Waals surface area contributed by atoms with E-state index in [4.69, 9.17) is 19.6 Å². The lowest BCUT2D eigenvalue weighted by Gasteiger charge is -2.35. The summed E-state index contributed by atoms with van der Waals surface area (Å²) < 4.78 is 0. The Kier molecular flexibility index (Phi) is 21.5. The zero-order valence-electron chi connectivity index (χ0n) is 23.7. The summed E-state index contributed by atoms with van der Waals surface area (Å²) >= 11 is 0. The van der Waals surface area contributed by atoms with Gasteiger partial charge in [-0.3, -0.25) is 38.5 Å². The molecule has 0 aliphatic rings. The van der Waals surface area contributed by atoms with E-state index in [1.807, 2.05) is 20.8 Å². The number of nitrogens with one attached hydrogen (secondary N) is 4. The van der Waals surface area contributed by atoms with E-state index in [-0.39, 0.29) is 51.4 Å². The average Bonchev–Trinajstić information content (AvgIpc) is 2.91. The first kappa shape index (κ1) is 36.2. The van der Waals surface area contributed by atoms with E-state index in [1.165, 1.54) is 0 Å². The Morgan fingerprint density at radius 2 is 0.923 bits per heavy atom. The molecule has 13 heteroatoms. The van der Waals surface area contributed by atoms with Crippen LogP contribution in [0.15, 0.2) is 0 Å². The highest BCUT2D eigenvalue weighted by Crippen LogP contribution is 2.26. The van der Waals surface area contributed by atoms with Gasteiger partial charge in [-0.05, 0) is 38.5 Å². The predicted molar refractivity (Wildman–Crippen MR) is 142 cm³/mol. The number of carboxylic acid groups (broad SMARTS) is 1. The van der Waals surface area contributed by atoms with Crippen LogP contribution in [0.1, 0.15) is 111 Å². The van der Waals surface area contributed by atoms with Gasteiger partial charge in [0.25, 0.3) is 0 Å². The molecule has 0 radical (unpaired) electrons. The van der Waals surface area contributed by atoms with Crippen LogP contribution in [0.3, 0.4) is 0 Å². The number of aliphatic carboxylic acids is 1. The molecule has 39 heavy (non-hydrogen) atoms. The van der Waals surface area contributed by atoms with Crippen LogP contribution < -0.4 is 21.8 Å². The average molecular weight is 561 g/mol. The van der Waals surface area contributed by atoms with Crippen LogP contribution in [-0.4, -0.2) is 60.1 Å². The van der Waals surface area contributed by atoms with E-state index in [2.05, 4.69) is 21.8 Å². The fraction of sp³-hybridized carbons (Fsp3) is 0.808. The molecule has 0 unspecified atom stereocenters. The molecule has 5 N–H and O–H groups in total. The molecule has 13 nitrogen and oxygen atoms in total. The van der Waals surface area contributed by atoms with Crippen LogP contribution >= 0.6 is 0 Å². The Morgan fingerprint density at radius 1 is 0.564 bits per heavy atom. The first-order valence-electron chi connectivity index (χ1n) is 13.9. The van der Waals surface area contributed by atoms with Crippen molar-refractivity contribution < 1.29 is 43.6 Å². The Balaban J connectivity index is 5.51. The van der Waals surface area contributed by atoms with Gasteiger partial charge >= 0.3 is 5.97 Å². The van der Waals surface area contributed by atoms with E-state index in [9.17, 15) is 24.0 Å². The van der Waals surface area contributed by atoms with Crippen molar-refractivity contribution in [3.63, 3.8) is 0 Å². The Labute approximate surface area is 231 Å². The first-order chi connectivity index (χ1) is 18.7. The van der Waals surface area contributed by atoms with Crippen LogP contribution in [0.25, 0.3) is 0 Å². The van der Waals surface area contributed by atoms with Crippen molar-refractivity contribution in [3.8, 4) is 0 Å². The van der Waals surface area contributed by atoms with Crippen LogP contribution in [0.2, 0.25) is 0 Å². The number of carboxylic acids is 1. The normalized spacial score (nSPS) is 11.1. The molecule has 226 valence electrons. The summed E-state index contributed by atoms with van der Waals surface area (Å²) in [5.74, 6) is -2.96. The zero-order valence-corrected chi connectivity index (χ0v) is 23.7. The van der Waals surface area contributed by atoms with Crippen LogP contribution in [0.5, 0.6) is 0 Å². The lowest BCUT2D eigenvalue weighted by molar-refractivity contribution is -0.139. The number of carbonyl (C=O) groups excluding carboxylic acids is 4. The zero-order chi connectivity index (χ0) is 29.4. The number of carbonyl (C=O) groups is 5. The van der Waals surface area contributed by atoms with Crippen molar-refractivity contribution in [2.24, 2.45) is 0 Å². The third-order valence-corrected chi connectivity index (χ3v) is 5.82. The van der Waals surface area contributed by atoms with E-state index in [0.717, 1.165) is 38.5 Å². The monoisotopic (exact) mass is 560 g/mol. The van der Waals surface area contributed by atoms with E-state index >= 15 is 0 Å². The second-order valence-corrected chi connectivity index (χ2v) is 9.40. The second-order valence-electron chi connectivity index (χ2n) is 9.40. The lowest BCUT2D eigenvalue weighted by atomic mass is 9.83. The van der Waals surface area contributed by atoms with Gasteiger partial charge in [0.05, 0.1) is 26.2 Å². The molecule has 0 aliphatic carbocycles. The summed E-state index contributed by atoms with van der Waals surface area (Å²) in [5, 5.41) is 11.8. The maximum atomic E-state index is 12.7. The number of amides is 4. The highest BCUT2D eigenvalue weighted by molar-refractivity contribution is 5.82. The van der Waals surface area contributed by atoms with Gasteiger partial charge in [-0.25, -0.2) is 16.4 Å². The van der Waals surface area contributed by atoms with Gasteiger partial charge in [0.1, 0.15) is 0 Å². The van der Waals surface area contributed by atoms with Crippen molar-refractivity contribution in [3.05, 3.63) is 0 Å². The molecule has 0 spiro atoms. The SMILES string of the molecule is CCCCONC(=O)CCC(CCC(=O)NOCCCC)(CCC(=O)NOCCCC)NC(=O)CCC(=O)O. The molecule has 0 bridgehead atoms. The molecule has 0 saturated heterocycles. The molecule has 0 atom stereocenters. The van der Waals surface area contributed by atoms with Crippen LogP contribution in [0, 0.1) is 0 Å². The smallest absolute Gasteiger partial charge is 0.303 e. The molecule has 4 amide bonds. The van der Waals surface area contributed by atoms with Gasteiger partial charge in [-0.2, -0.15) is 0 Å². The minimum Gasteiger partial charge on any atom is -0.481 e. The lowest BCUT2D eigenvalue weighted by Crippen LogP contribution is -2.50. The van der Waals surface area contributed by atoms with Crippen molar-refractivity contribution >= 4 is 29.6 Å². The van der Waals surface area contributed by atoms with Crippen molar-refractivity contribution in [1.82, 2.24) is 21.8 Å². The minimum atomic E-state index is -1.15. The molecule has 0 aromatic rings.